The Kier molecular flexibility index (Phi) is 8.32. The van der Waals surface area contributed by atoms with Gasteiger partial charge in [-0.2, -0.15) is 8.42 Å². The summed E-state index contributed by atoms with van der Waals surface area (Å²) in [5, 5.41) is 22.2. The molecule has 0 unspecified atom stereocenters. The number of amides is 1. The van der Waals surface area contributed by atoms with Crippen molar-refractivity contribution in [3.05, 3.63) is 24.4 Å². The van der Waals surface area contributed by atoms with Crippen LogP contribution in [0.2, 0.25) is 0 Å². The first kappa shape index (κ1) is 29.8. The van der Waals surface area contributed by atoms with E-state index in [1.807, 2.05) is 4.72 Å². The Morgan fingerprint density at radius 1 is 1.10 bits per heavy atom. The van der Waals surface area contributed by atoms with Crippen LogP contribution in [-0.2, 0) is 14.8 Å². The van der Waals surface area contributed by atoms with Crippen LogP contribution in [0.3, 0.4) is 0 Å². The average molecular weight is 577 g/mol. The molecule has 1 heterocycles. The summed E-state index contributed by atoms with van der Waals surface area (Å²) in [4.78, 5) is 16.1. The van der Waals surface area contributed by atoms with Crippen LogP contribution < -0.4 is 4.72 Å². The molecule has 0 saturated heterocycles. The van der Waals surface area contributed by atoms with Gasteiger partial charge in [-0.1, -0.05) is 40.2 Å². The summed E-state index contributed by atoms with van der Waals surface area (Å²) in [5.74, 6) is 2.69. The molecule has 224 valence electrons. The molecule has 1 aromatic rings. The number of hydrogen-bond donors (Lipinski definition) is 3. The van der Waals surface area contributed by atoms with Crippen molar-refractivity contribution >= 4 is 16.1 Å². The number of fused-ring (bicyclic) bond motifs is 5. The van der Waals surface area contributed by atoms with Crippen molar-refractivity contribution < 1.29 is 28.2 Å². The third-order valence-electron chi connectivity index (χ3n) is 12.1. The Labute approximate surface area is 239 Å². The van der Waals surface area contributed by atoms with E-state index in [2.05, 4.69) is 32.7 Å². The normalized spacial score (nSPS) is 41.8. The highest BCUT2D eigenvalue weighted by molar-refractivity contribution is 7.90. The number of carbonyl (C=O) groups excluding carboxylic acids is 1. The van der Waals surface area contributed by atoms with Gasteiger partial charge < -0.3 is 14.9 Å². The van der Waals surface area contributed by atoms with Crippen molar-refractivity contribution in [2.45, 2.75) is 103 Å². The van der Waals surface area contributed by atoms with Crippen LogP contribution in [0.5, 0.6) is 0 Å². The van der Waals surface area contributed by atoms with Crippen LogP contribution in [-0.4, -0.2) is 48.5 Å². The summed E-state index contributed by atoms with van der Waals surface area (Å²) >= 11 is 0. The van der Waals surface area contributed by atoms with Crippen LogP contribution in [0, 0.1) is 52.3 Å². The zero-order chi connectivity index (χ0) is 28.9. The summed E-state index contributed by atoms with van der Waals surface area (Å²) in [6.07, 6.45) is 8.70. The SMILES string of the molecule is CC[C@H]1[C@@H](O)[C@@H]2[C@H](CC[C@]3(C)[C@@H]([C@H](C)CCOC(=O)NS(=O)(=O)c4ccccn4)CC[C@@H]23)[C@@]2(C)CC[C@@H](O)C[C@@H]12. The highest BCUT2D eigenvalue weighted by atomic mass is 32.2. The molecule has 1 aromatic heterocycles. The molecule has 4 aliphatic rings. The molecule has 1 amide bonds. The molecule has 0 aromatic carbocycles. The fourth-order valence-electron chi connectivity index (χ4n) is 10.2. The minimum Gasteiger partial charge on any atom is -0.449 e. The summed E-state index contributed by atoms with van der Waals surface area (Å²) in [5.41, 5.74) is 0.313. The van der Waals surface area contributed by atoms with E-state index in [-0.39, 0.29) is 40.6 Å². The number of carbonyl (C=O) groups is 1. The lowest BCUT2D eigenvalue weighted by molar-refractivity contribution is -0.203. The van der Waals surface area contributed by atoms with Crippen molar-refractivity contribution in [2.75, 3.05) is 6.61 Å². The molecule has 5 rings (SSSR count). The molecule has 40 heavy (non-hydrogen) atoms. The number of pyridine rings is 1. The lowest BCUT2D eigenvalue weighted by Crippen LogP contribution is -2.62. The molecule has 8 nitrogen and oxygen atoms in total. The van der Waals surface area contributed by atoms with Gasteiger partial charge in [-0.3, -0.25) is 0 Å². The summed E-state index contributed by atoms with van der Waals surface area (Å²) in [6.45, 7) is 9.47. The van der Waals surface area contributed by atoms with Crippen LogP contribution in [0.15, 0.2) is 29.4 Å². The van der Waals surface area contributed by atoms with Crippen molar-refractivity contribution in [1.29, 1.82) is 0 Å². The lowest BCUT2D eigenvalue weighted by Gasteiger charge is -2.64. The summed E-state index contributed by atoms with van der Waals surface area (Å²) in [7, 11) is -4.06. The quantitative estimate of drug-likeness (QED) is 0.410. The maximum Gasteiger partial charge on any atom is 0.421 e. The number of hydrogen-bond acceptors (Lipinski definition) is 7. The second kappa shape index (κ2) is 11.2. The van der Waals surface area contributed by atoms with Crippen molar-refractivity contribution in [3.8, 4) is 0 Å². The number of ether oxygens (including phenoxy) is 1. The van der Waals surface area contributed by atoms with E-state index >= 15 is 0 Å². The highest BCUT2D eigenvalue weighted by Crippen LogP contribution is 2.69. The molecule has 0 radical (unpaired) electrons. The summed E-state index contributed by atoms with van der Waals surface area (Å²) in [6, 6.07) is 4.48. The van der Waals surface area contributed by atoms with E-state index in [1.54, 1.807) is 12.1 Å². The van der Waals surface area contributed by atoms with Gasteiger partial charge in [-0.25, -0.2) is 14.5 Å². The van der Waals surface area contributed by atoms with Crippen molar-refractivity contribution in [3.63, 3.8) is 0 Å². The fraction of sp³-hybridized carbons (Fsp3) is 0.806. The Morgan fingerprint density at radius 2 is 1.82 bits per heavy atom. The van der Waals surface area contributed by atoms with Gasteiger partial charge in [0.2, 0.25) is 0 Å². The van der Waals surface area contributed by atoms with Gasteiger partial charge in [0, 0.05) is 6.20 Å². The van der Waals surface area contributed by atoms with E-state index < -0.39 is 16.1 Å². The fourth-order valence-corrected chi connectivity index (χ4v) is 11.0. The molecule has 11 atom stereocenters. The predicted octanol–water partition coefficient (Wildman–Crippen LogP) is 5.15. The van der Waals surface area contributed by atoms with Crippen LogP contribution in [0.1, 0.15) is 85.5 Å². The number of nitrogens with zero attached hydrogens (tertiary/aromatic N) is 1. The van der Waals surface area contributed by atoms with Gasteiger partial charge in [-0.05, 0) is 116 Å². The van der Waals surface area contributed by atoms with E-state index in [9.17, 15) is 23.4 Å². The number of aliphatic hydroxyl groups is 2. The van der Waals surface area contributed by atoms with Gasteiger partial charge in [0.05, 0.1) is 18.8 Å². The first-order chi connectivity index (χ1) is 18.9. The van der Waals surface area contributed by atoms with Gasteiger partial charge in [0.25, 0.3) is 10.0 Å². The molecule has 4 fully saturated rings. The maximum atomic E-state index is 12.4. The van der Waals surface area contributed by atoms with E-state index in [0.717, 1.165) is 51.4 Å². The molecule has 3 N–H and O–H groups in total. The first-order valence-corrected chi connectivity index (χ1v) is 16.9. The van der Waals surface area contributed by atoms with Gasteiger partial charge in [0.1, 0.15) is 0 Å². The van der Waals surface area contributed by atoms with Crippen LogP contribution >= 0.6 is 0 Å². The van der Waals surface area contributed by atoms with Crippen molar-refractivity contribution in [1.82, 2.24) is 9.71 Å². The van der Waals surface area contributed by atoms with Gasteiger partial charge in [-0.15, -0.1) is 0 Å². The first-order valence-electron chi connectivity index (χ1n) is 15.4. The van der Waals surface area contributed by atoms with E-state index in [4.69, 9.17) is 4.74 Å². The van der Waals surface area contributed by atoms with Gasteiger partial charge in [0.15, 0.2) is 5.03 Å². The number of aliphatic hydroxyl groups excluding tert-OH is 2. The highest BCUT2D eigenvalue weighted by Gasteiger charge is 2.64. The minimum absolute atomic E-state index is 0.127. The third-order valence-corrected chi connectivity index (χ3v) is 13.3. The largest absolute Gasteiger partial charge is 0.449 e. The number of rotatable bonds is 7. The Balaban J connectivity index is 1.22. The smallest absolute Gasteiger partial charge is 0.421 e. The monoisotopic (exact) mass is 576 g/mol. The molecular formula is C31H48N2O6S. The molecule has 4 saturated carbocycles. The molecule has 9 heteroatoms. The molecule has 0 spiro atoms. The number of nitrogens with one attached hydrogen (secondary N) is 1. The Bertz CT molecular complexity index is 1160. The molecular weight excluding hydrogens is 528 g/mol. The zero-order valence-corrected chi connectivity index (χ0v) is 25.3. The summed E-state index contributed by atoms with van der Waals surface area (Å²) < 4.78 is 32.0. The topological polar surface area (TPSA) is 126 Å². The van der Waals surface area contributed by atoms with Crippen LogP contribution in [0.25, 0.3) is 0 Å². The second-order valence-electron chi connectivity index (χ2n) is 13.8. The number of sulfonamides is 1. The third kappa shape index (κ3) is 5.08. The maximum absolute atomic E-state index is 12.4. The van der Waals surface area contributed by atoms with Crippen LogP contribution in [0.4, 0.5) is 4.79 Å². The predicted molar refractivity (Wildman–Crippen MR) is 151 cm³/mol. The Morgan fingerprint density at radius 3 is 2.52 bits per heavy atom. The average Bonchev–Trinajstić information content (AvgIpc) is 3.27. The zero-order valence-electron chi connectivity index (χ0n) is 24.5. The van der Waals surface area contributed by atoms with Crippen molar-refractivity contribution in [2.24, 2.45) is 52.3 Å². The molecule has 4 aliphatic carbocycles. The standard InChI is InChI=1S/C31H48N2O6S/c1-5-21-25-18-20(34)11-14-31(25,4)24-12-15-30(3)22(9-10-23(30)27(24)28(21)35)19(2)13-17-39-29(36)33-40(37,38)26-8-6-7-16-32-26/h6-8,16,19-25,27-28,34-35H,5,9-15,17-18H2,1-4H3,(H,33,36)/t19-,20-,21-,22-,23+,24+,25+,27+,28-,30-,31-/m1/s1. The number of aromatic nitrogens is 1. The van der Waals surface area contributed by atoms with E-state index in [1.165, 1.54) is 12.3 Å². The Hall–Kier alpha value is -1.71. The molecule has 0 bridgehead atoms. The van der Waals surface area contributed by atoms with E-state index in [0.29, 0.717) is 41.9 Å². The molecule has 0 aliphatic heterocycles. The lowest BCUT2D eigenvalue weighted by atomic mass is 9.41. The minimum atomic E-state index is -4.06. The van der Waals surface area contributed by atoms with Gasteiger partial charge >= 0.3 is 6.09 Å². The second-order valence-corrected chi connectivity index (χ2v) is 15.4.